The van der Waals surface area contributed by atoms with E-state index >= 15 is 0 Å². The molecule has 0 aliphatic heterocycles. The van der Waals surface area contributed by atoms with Gasteiger partial charge in [0.25, 0.3) is 0 Å². The molecule has 0 unspecified atom stereocenters. The van der Waals surface area contributed by atoms with Crippen molar-refractivity contribution < 1.29 is 10.2 Å². The quantitative estimate of drug-likeness (QED) is 0.867. The van der Waals surface area contributed by atoms with Crippen LogP contribution in [0.3, 0.4) is 0 Å². The van der Waals surface area contributed by atoms with Crippen LogP contribution in [0.15, 0.2) is 48.5 Å². The van der Waals surface area contributed by atoms with E-state index in [0.29, 0.717) is 12.3 Å². The number of hydrogen-bond donors (Lipinski definition) is 2. The SMILES string of the molecule is Cc1ccc(-c2ccc([C@@H](O)[C@H](O)CC(C)C)cc2)cc1. The Hall–Kier alpha value is -1.64. The maximum atomic E-state index is 10.2. The lowest BCUT2D eigenvalue weighted by Gasteiger charge is -2.20. The summed E-state index contributed by atoms with van der Waals surface area (Å²) in [5.74, 6) is 0.362. The molecule has 0 spiro atoms. The molecule has 0 heterocycles. The molecule has 0 saturated carbocycles. The van der Waals surface area contributed by atoms with Gasteiger partial charge < -0.3 is 10.2 Å². The van der Waals surface area contributed by atoms with Gasteiger partial charge >= 0.3 is 0 Å². The minimum Gasteiger partial charge on any atom is -0.390 e. The lowest BCUT2D eigenvalue weighted by molar-refractivity contribution is 0.00635. The maximum Gasteiger partial charge on any atom is 0.105 e. The molecular weight excluding hydrogens is 260 g/mol. The van der Waals surface area contributed by atoms with Gasteiger partial charge in [-0.05, 0) is 36.0 Å². The van der Waals surface area contributed by atoms with Crippen LogP contribution in [-0.2, 0) is 0 Å². The largest absolute Gasteiger partial charge is 0.390 e. The van der Waals surface area contributed by atoms with Gasteiger partial charge in [0.2, 0.25) is 0 Å². The first kappa shape index (κ1) is 15.7. The van der Waals surface area contributed by atoms with Crippen LogP contribution in [0, 0.1) is 12.8 Å². The third-order valence-corrected chi connectivity index (χ3v) is 3.71. The van der Waals surface area contributed by atoms with Gasteiger partial charge in [-0.3, -0.25) is 0 Å². The van der Waals surface area contributed by atoms with E-state index in [9.17, 15) is 10.2 Å². The fourth-order valence-electron chi connectivity index (χ4n) is 2.45. The summed E-state index contributed by atoms with van der Waals surface area (Å²) in [5, 5.41) is 20.2. The van der Waals surface area contributed by atoms with E-state index in [1.165, 1.54) is 5.56 Å². The smallest absolute Gasteiger partial charge is 0.105 e. The highest BCUT2D eigenvalue weighted by atomic mass is 16.3. The predicted octanol–water partition coefficient (Wildman–Crippen LogP) is 4.10. The standard InChI is InChI=1S/C19H24O2/c1-13(2)12-18(20)19(21)17-10-8-16(9-11-17)15-6-4-14(3)5-7-15/h4-11,13,18-21H,12H2,1-3H3/t18-,19-/m1/s1. The second-order valence-corrected chi connectivity index (χ2v) is 6.13. The van der Waals surface area contributed by atoms with Crippen molar-refractivity contribution in [1.82, 2.24) is 0 Å². The molecule has 2 aromatic rings. The minimum absolute atomic E-state index is 0.362. The molecule has 112 valence electrons. The highest BCUT2D eigenvalue weighted by Crippen LogP contribution is 2.25. The van der Waals surface area contributed by atoms with Crippen LogP contribution in [0.1, 0.15) is 37.5 Å². The molecule has 0 aromatic heterocycles. The van der Waals surface area contributed by atoms with E-state index in [4.69, 9.17) is 0 Å². The average Bonchev–Trinajstić information content (AvgIpc) is 2.47. The molecule has 2 nitrogen and oxygen atoms in total. The Morgan fingerprint density at radius 3 is 1.76 bits per heavy atom. The van der Waals surface area contributed by atoms with Crippen LogP contribution in [0.4, 0.5) is 0 Å². The van der Waals surface area contributed by atoms with Crippen molar-refractivity contribution in [3.05, 3.63) is 59.7 Å². The average molecular weight is 284 g/mol. The summed E-state index contributed by atoms with van der Waals surface area (Å²) < 4.78 is 0. The Morgan fingerprint density at radius 2 is 1.29 bits per heavy atom. The topological polar surface area (TPSA) is 40.5 Å². The monoisotopic (exact) mass is 284 g/mol. The first-order chi connectivity index (χ1) is 9.97. The molecule has 2 aromatic carbocycles. The summed E-state index contributed by atoms with van der Waals surface area (Å²) >= 11 is 0. The Morgan fingerprint density at radius 1 is 0.810 bits per heavy atom. The second kappa shape index (κ2) is 6.88. The zero-order chi connectivity index (χ0) is 15.4. The van der Waals surface area contributed by atoms with Gasteiger partial charge in [0.05, 0.1) is 6.10 Å². The van der Waals surface area contributed by atoms with Crippen molar-refractivity contribution in [1.29, 1.82) is 0 Å². The minimum atomic E-state index is -0.820. The first-order valence-corrected chi connectivity index (χ1v) is 7.50. The van der Waals surface area contributed by atoms with Crippen LogP contribution >= 0.6 is 0 Å². The van der Waals surface area contributed by atoms with Crippen LogP contribution in [0.25, 0.3) is 11.1 Å². The van der Waals surface area contributed by atoms with Gasteiger partial charge in [-0.2, -0.15) is 0 Å². The van der Waals surface area contributed by atoms with Gasteiger partial charge in [0.15, 0.2) is 0 Å². The predicted molar refractivity (Wildman–Crippen MR) is 87.0 cm³/mol. The second-order valence-electron chi connectivity index (χ2n) is 6.13. The number of aliphatic hydroxyl groups is 2. The molecule has 0 fully saturated rings. The van der Waals surface area contributed by atoms with E-state index in [-0.39, 0.29) is 0 Å². The van der Waals surface area contributed by atoms with Gasteiger partial charge in [-0.1, -0.05) is 67.9 Å². The van der Waals surface area contributed by atoms with Crippen LogP contribution in [0.5, 0.6) is 0 Å². The van der Waals surface area contributed by atoms with Crippen LogP contribution in [-0.4, -0.2) is 16.3 Å². The lowest BCUT2D eigenvalue weighted by Crippen LogP contribution is -2.20. The summed E-state index contributed by atoms with van der Waals surface area (Å²) in [6.07, 6.45) is -0.935. The summed E-state index contributed by atoms with van der Waals surface area (Å²) in [5.41, 5.74) is 4.27. The summed E-state index contributed by atoms with van der Waals surface area (Å²) in [6, 6.07) is 16.1. The molecule has 0 radical (unpaired) electrons. The third kappa shape index (κ3) is 4.16. The fraction of sp³-hybridized carbons (Fsp3) is 0.368. The molecule has 2 rings (SSSR count). The van der Waals surface area contributed by atoms with Crippen molar-refractivity contribution in [2.45, 2.75) is 39.4 Å². The Bertz CT molecular complexity index is 555. The number of aryl methyl sites for hydroxylation is 1. The van der Waals surface area contributed by atoms with Crippen LogP contribution < -0.4 is 0 Å². The van der Waals surface area contributed by atoms with Crippen molar-refractivity contribution >= 4 is 0 Å². The van der Waals surface area contributed by atoms with Crippen molar-refractivity contribution in [2.75, 3.05) is 0 Å². The third-order valence-electron chi connectivity index (χ3n) is 3.71. The molecule has 2 N–H and O–H groups in total. The molecule has 0 bridgehead atoms. The molecule has 0 amide bonds. The van der Waals surface area contributed by atoms with Gasteiger partial charge in [-0.25, -0.2) is 0 Å². The molecular formula is C19H24O2. The number of hydrogen-bond acceptors (Lipinski definition) is 2. The molecule has 2 atom stereocenters. The van der Waals surface area contributed by atoms with E-state index in [2.05, 4.69) is 31.2 Å². The number of benzene rings is 2. The number of rotatable bonds is 5. The lowest BCUT2D eigenvalue weighted by atomic mass is 9.95. The van der Waals surface area contributed by atoms with E-state index in [1.807, 2.05) is 38.1 Å². The molecule has 21 heavy (non-hydrogen) atoms. The van der Waals surface area contributed by atoms with E-state index in [0.717, 1.165) is 16.7 Å². The van der Waals surface area contributed by atoms with Gasteiger partial charge in [0.1, 0.15) is 6.10 Å². The van der Waals surface area contributed by atoms with Gasteiger partial charge in [0, 0.05) is 0 Å². The van der Waals surface area contributed by atoms with Crippen molar-refractivity contribution in [2.24, 2.45) is 5.92 Å². The van der Waals surface area contributed by atoms with E-state index in [1.54, 1.807) is 0 Å². The Labute approximate surface area is 127 Å². The normalized spacial score (nSPS) is 14.2. The highest BCUT2D eigenvalue weighted by Gasteiger charge is 2.19. The first-order valence-electron chi connectivity index (χ1n) is 7.50. The summed E-state index contributed by atoms with van der Waals surface area (Å²) in [4.78, 5) is 0. The summed E-state index contributed by atoms with van der Waals surface area (Å²) in [7, 11) is 0. The molecule has 0 aliphatic rings. The Balaban J connectivity index is 2.13. The molecule has 0 saturated heterocycles. The zero-order valence-electron chi connectivity index (χ0n) is 13.0. The zero-order valence-corrected chi connectivity index (χ0v) is 13.0. The van der Waals surface area contributed by atoms with Crippen LogP contribution in [0.2, 0.25) is 0 Å². The fourth-order valence-corrected chi connectivity index (χ4v) is 2.45. The summed E-state index contributed by atoms with van der Waals surface area (Å²) in [6.45, 7) is 6.15. The maximum absolute atomic E-state index is 10.2. The molecule has 0 aliphatic carbocycles. The van der Waals surface area contributed by atoms with Crippen molar-refractivity contribution in [3.8, 4) is 11.1 Å². The van der Waals surface area contributed by atoms with Gasteiger partial charge in [-0.15, -0.1) is 0 Å². The molecule has 2 heteroatoms. The highest BCUT2D eigenvalue weighted by molar-refractivity contribution is 5.64. The Kier molecular flexibility index (Phi) is 5.16. The van der Waals surface area contributed by atoms with Crippen molar-refractivity contribution in [3.63, 3.8) is 0 Å². The van der Waals surface area contributed by atoms with E-state index < -0.39 is 12.2 Å². The number of aliphatic hydroxyl groups excluding tert-OH is 2.